The Labute approximate surface area is 84.7 Å². The van der Waals surface area contributed by atoms with Gasteiger partial charge in [0.25, 0.3) is 0 Å². The van der Waals surface area contributed by atoms with Gasteiger partial charge in [0.15, 0.2) is 0 Å². The molecule has 1 heteroatoms. The van der Waals surface area contributed by atoms with Crippen LogP contribution in [0.15, 0.2) is 23.1 Å². The lowest BCUT2D eigenvalue weighted by Crippen LogP contribution is -1.81. The molecule has 0 heterocycles. The first-order valence-electron chi connectivity index (χ1n) is 4.36. The molecule has 72 valence electrons. The predicted octanol–water partition coefficient (Wildman–Crippen LogP) is 3.44. The average molecular weight is 194 g/mol. The van der Waals surface area contributed by atoms with Gasteiger partial charge in [-0.05, 0) is 18.6 Å². The van der Waals surface area contributed by atoms with E-state index < -0.39 is 0 Å². The fourth-order valence-electron chi connectivity index (χ4n) is 0.803. The Balaban J connectivity index is 4.30. The predicted molar refractivity (Wildman–Crippen MR) is 66.1 cm³/mol. The highest BCUT2D eigenvalue weighted by Gasteiger charge is 1.91. The van der Waals surface area contributed by atoms with E-state index in [1.54, 1.807) is 6.08 Å². The molecule has 0 amide bonds. The van der Waals surface area contributed by atoms with Crippen molar-refractivity contribution < 1.29 is 0 Å². The molecule has 0 spiro atoms. The maximum absolute atomic E-state index is 5.22. The Kier molecular flexibility index (Phi) is 6.36. The van der Waals surface area contributed by atoms with Crippen molar-refractivity contribution >= 4 is 16.4 Å². The minimum Gasteiger partial charge on any atom is -0.165 e. The van der Waals surface area contributed by atoms with Gasteiger partial charge >= 0.3 is 0 Å². The van der Waals surface area contributed by atoms with Crippen molar-refractivity contribution in [3.05, 3.63) is 23.1 Å². The second-order valence-corrected chi connectivity index (χ2v) is 5.13. The fraction of sp³-hybridized carbons (Fsp3) is 0.417. The molecule has 0 N–H and O–H groups in total. The number of hydrogen-bond donors (Lipinski definition) is 0. The smallest absolute Gasteiger partial charge is 0.00891 e. The first-order chi connectivity index (χ1) is 6.07. The van der Waals surface area contributed by atoms with Crippen LogP contribution in [0.25, 0.3) is 0 Å². The van der Waals surface area contributed by atoms with Crippen LogP contribution >= 0.6 is 10.5 Å². The van der Waals surface area contributed by atoms with Gasteiger partial charge in [0.1, 0.15) is 0 Å². The lowest BCUT2D eigenvalue weighted by atomic mass is 10.1. The van der Waals surface area contributed by atoms with Crippen molar-refractivity contribution in [3.8, 4) is 12.3 Å². The summed E-state index contributed by atoms with van der Waals surface area (Å²) in [7, 11) is 0.0139. The summed E-state index contributed by atoms with van der Waals surface area (Å²) in [4.78, 5) is 1.16. The lowest BCUT2D eigenvalue weighted by molar-refractivity contribution is 0.664. The van der Waals surface area contributed by atoms with Gasteiger partial charge in [0, 0.05) is 11.0 Å². The summed E-state index contributed by atoms with van der Waals surface area (Å²) in [6.45, 7) is 4.40. The third-order valence-corrected chi connectivity index (χ3v) is 2.58. The highest BCUT2D eigenvalue weighted by atomic mass is 32.2. The molecule has 0 aliphatic heterocycles. The van der Waals surface area contributed by atoms with Gasteiger partial charge in [-0.3, -0.25) is 0 Å². The van der Waals surface area contributed by atoms with Gasteiger partial charge in [0.05, 0.1) is 0 Å². The molecule has 1 atom stereocenters. The maximum atomic E-state index is 5.22. The lowest BCUT2D eigenvalue weighted by Gasteiger charge is -2.01. The third-order valence-electron chi connectivity index (χ3n) is 1.52. The monoisotopic (exact) mass is 194 g/mol. The molecule has 0 rings (SSSR count). The molecule has 0 aliphatic carbocycles. The van der Waals surface area contributed by atoms with Gasteiger partial charge in [-0.25, -0.2) is 0 Å². The van der Waals surface area contributed by atoms with Gasteiger partial charge in [-0.1, -0.05) is 37.8 Å². The van der Waals surface area contributed by atoms with Crippen molar-refractivity contribution in [1.82, 2.24) is 0 Å². The van der Waals surface area contributed by atoms with E-state index in [9.17, 15) is 0 Å². The molecule has 0 aromatic carbocycles. The fourth-order valence-corrected chi connectivity index (χ4v) is 1.40. The normalized spacial score (nSPS) is 14.8. The third kappa shape index (κ3) is 6.42. The Bertz CT molecular complexity index is 261. The molecule has 0 saturated heterocycles. The minimum absolute atomic E-state index is 0.0139. The SMILES string of the molecule is C#C/C=C(\C=C/CC(C)C)S(=C)C. The van der Waals surface area contributed by atoms with Gasteiger partial charge < -0.3 is 0 Å². The molecule has 1 unspecified atom stereocenters. The summed E-state index contributed by atoms with van der Waals surface area (Å²) in [6, 6.07) is 0. The summed E-state index contributed by atoms with van der Waals surface area (Å²) < 4.78 is 0. The average Bonchev–Trinajstić information content (AvgIpc) is 2.02. The minimum atomic E-state index is 0.0139. The highest BCUT2D eigenvalue weighted by Crippen LogP contribution is 2.19. The van der Waals surface area contributed by atoms with Crippen LogP contribution in [0.4, 0.5) is 0 Å². The van der Waals surface area contributed by atoms with Crippen molar-refractivity contribution in [1.29, 1.82) is 0 Å². The van der Waals surface area contributed by atoms with Crippen LogP contribution in [0.1, 0.15) is 20.3 Å². The Morgan fingerprint density at radius 2 is 2.23 bits per heavy atom. The van der Waals surface area contributed by atoms with Crippen molar-refractivity contribution in [2.75, 3.05) is 6.26 Å². The molecule has 0 aromatic rings. The molecule has 0 bridgehead atoms. The van der Waals surface area contributed by atoms with Crippen LogP contribution < -0.4 is 0 Å². The van der Waals surface area contributed by atoms with E-state index in [-0.39, 0.29) is 10.5 Å². The van der Waals surface area contributed by atoms with Crippen LogP contribution in [0.3, 0.4) is 0 Å². The Hall–Kier alpha value is -0.740. The zero-order valence-electron chi connectivity index (χ0n) is 8.71. The summed E-state index contributed by atoms with van der Waals surface area (Å²) in [5.74, 6) is 7.21. The molecule has 0 aromatic heterocycles. The molecule has 0 aliphatic rings. The summed E-state index contributed by atoms with van der Waals surface area (Å²) in [6.07, 6.45) is 14.4. The standard InChI is InChI=1S/C12H18S/c1-6-8-12(13(4)5)10-7-9-11(2)3/h1,7-8,10-11H,4,9H2,2-3,5H3/b10-7-,12-8+. The number of allylic oxidation sites excluding steroid dienone is 3. The van der Waals surface area contributed by atoms with Crippen LogP contribution in [0.2, 0.25) is 0 Å². The van der Waals surface area contributed by atoms with Gasteiger partial charge in [-0.2, -0.15) is 10.5 Å². The van der Waals surface area contributed by atoms with Crippen molar-refractivity contribution in [2.45, 2.75) is 20.3 Å². The molecule has 13 heavy (non-hydrogen) atoms. The maximum Gasteiger partial charge on any atom is 0.00891 e. The quantitative estimate of drug-likeness (QED) is 0.365. The Morgan fingerprint density at radius 3 is 2.62 bits per heavy atom. The van der Waals surface area contributed by atoms with E-state index in [4.69, 9.17) is 6.42 Å². The van der Waals surface area contributed by atoms with E-state index in [2.05, 4.69) is 44.0 Å². The van der Waals surface area contributed by atoms with Crippen LogP contribution in [0, 0.1) is 18.3 Å². The first kappa shape index (κ1) is 12.3. The molecule has 0 nitrogen and oxygen atoms in total. The summed E-state index contributed by atoms with van der Waals surface area (Å²) >= 11 is 0. The summed E-state index contributed by atoms with van der Waals surface area (Å²) in [5, 5.41) is 0. The Morgan fingerprint density at radius 1 is 1.62 bits per heavy atom. The zero-order chi connectivity index (χ0) is 10.3. The van der Waals surface area contributed by atoms with E-state index in [0.29, 0.717) is 5.92 Å². The van der Waals surface area contributed by atoms with Crippen LogP contribution in [-0.2, 0) is 0 Å². The topological polar surface area (TPSA) is 0 Å². The van der Waals surface area contributed by atoms with Crippen molar-refractivity contribution in [3.63, 3.8) is 0 Å². The van der Waals surface area contributed by atoms with Gasteiger partial charge in [-0.15, -0.1) is 6.42 Å². The van der Waals surface area contributed by atoms with E-state index >= 15 is 0 Å². The zero-order valence-corrected chi connectivity index (χ0v) is 9.53. The van der Waals surface area contributed by atoms with Crippen LogP contribution in [-0.4, -0.2) is 12.1 Å². The van der Waals surface area contributed by atoms with Crippen LogP contribution in [0.5, 0.6) is 0 Å². The number of rotatable bonds is 4. The second-order valence-electron chi connectivity index (χ2n) is 3.38. The molecule has 0 fully saturated rings. The molecule has 0 saturated carbocycles. The largest absolute Gasteiger partial charge is 0.165 e. The van der Waals surface area contributed by atoms with E-state index in [0.717, 1.165) is 11.3 Å². The molecular weight excluding hydrogens is 176 g/mol. The highest BCUT2D eigenvalue weighted by molar-refractivity contribution is 8.17. The van der Waals surface area contributed by atoms with E-state index in [1.165, 1.54) is 0 Å². The van der Waals surface area contributed by atoms with E-state index in [1.807, 2.05) is 0 Å². The van der Waals surface area contributed by atoms with Gasteiger partial charge in [0.2, 0.25) is 0 Å². The first-order valence-corrected chi connectivity index (χ1v) is 6.16. The number of terminal acetylenes is 1. The second kappa shape index (κ2) is 6.74. The van der Waals surface area contributed by atoms with Crippen molar-refractivity contribution in [2.24, 2.45) is 5.92 Å². The molecule has 0 radical (unpaired) electrons. The summed E-state index contributed by atoms with van der Waals surface area (Å²) in [5.41, 5.74) is 0. The molecular formula is C12H18S. The number of hydrogen-bond acceptors (Lipinski definition) is 0.